The molecule has 4 rings (SSSR count). The number of rotatable bonds is 2. The molecule has 0 aromatic heterocycles. The number of carbonyl (C=O) groups excluding carboxylic acids is 1. The van der Waals surface area contributed by atoms with Crippen molar-refractivity contribution in [1.82, 2.24) is 10.4 Å². The first-order chi connectivity index (χ1) is 13.2. The Morgan fingerprint density at radius 3 is 2.75 bits per heavy atom. The van der Waals surface area contributed by atoms with Gasteiger partial charge in [0.25, 0.3) is 0 Å². The Morgan fingerprint density at radius 1 is 1.29 bits per heavy atom. The first kappa shape index (κ1) is 18.4. The zero-order valence-electron chi connectivity index (χ0n) is 15.9. The normalized spacial score (nSPS) is 25.6. The lowest BCUT2D eigenvalue weighted by atomic mass is 9.98. The maximum atomic E-state index is 12.5. The first-order valence-corrected chi connectivity index (χ1v) is 8.95. The highest BCUT2D eigenvalue weighted by molar-refractivity contribution is 5.82. The zero-order chi connectivity index (χ0) is 20.1. The average Bonchev–Trinajstić information content (AvgIpc) is 3.31. The van der Waals surface area contributed by atoms with E-state index >= 15 is 0 Å². The van der Waals surface area contributed by atoms with Crippen molar-refractivity contribution in [2.24, 2.45) is 0 Å². The van der Waals surface area contributed by atoms with Gasteiger partial charge in [-0.1, -0.05) is 0 Å². The first-order valence-electron chi connectivity index (χ1n) is 8.95. The molecule has 1 aromatic carbocycles. The number of likely N-dealkylation sites (tertiary alicyclic amines) is 1. The summed E-state index contributed by atoms with van der Waals surface area (Å²) in [7, 11) is 0. The van der Waals surface area contributed by atoms with Gasteiger partial charge in [0.15, 0.2) is 11.5 Å². The van der Waals surface area contributed by atoms with E-state index < -0.39 is 29.3 Å². The summed E-state index contributed by atoms with van der Waals surface area (Å²) in [6.45, 7) is 5.45. The standard InChI is InChI=1S/C19H22N2O7/c1-18(2,3)27-17(24)21-9-19(8-13(21)16(22)23)7-12(20-28-19)11-4-5-14-15(6-11)26-10-25-14/h4-7,13,20H,8-10H2,1-3H3,(H,22,23)/t13-,19+/m0/s1. The highest BCUT2D eigenvalue weighted by Gasteiger charge is 2.52. The maximum Gasteiger partial charge on any atom is 0.411 e. The number of carbonyl (C=O) groups is 2. The predicted molar refractivity (Wildman–Crippen MR) is 96.5 cm³/mol. The number of nitrogens with zero attached hydrogens (tertiary/aromatic N) is 1. The molecule has 0 aliphatic carbocycles. The van der Waals surface area contributed by atoms with Gasteiger partial charge >= 0.3 is 12.1 Å². The number of aliphatic carboxylic acids is 1. The topological polar surface area (TPSA) is 107 Å². The zero-order valence-corrected chi connectivity index (χ0v) is 15.9. The molecular formula is C19H22N2O7. The maximum absolute atomic E-state index is 12.5. The molecular weight excluding hydrogens is 368 g/mol. The second kappa shape index (κ2) is 6.30. The Kier molecular flexibility index (Phi) is 4.15. The van der Waals surface area contributed by atoms with Crippen LogP contribution in [-0.2, 0) is 14.4 Å². The lowest BCUT2D eigenvalue weighted by molar-refractivity contribution is -0.142. The van der Waals surface area contributed by atoms with E-state index in [0.29, 0.717) is 17.2 Å². The third-order valence-electron chi connectivity index (χ3n) is 4.72. The van der Waals surface area contributed by atoms with Crippen molar-refractivity contribution >= 4 is 17.8 Å². The number of hydrogen-bond donors (Lipinski definition) is 2. The van der Waals surface area contributed by atoms with E-state index in [1.165, 1.54) is 4.90 Å². The largest absolute Gasteiger partial charge is 0.480 e. The van der Waals surface area contributed by atoms with E-state index in [0.717, 1.165) is 5.56 Å². The Balaban J connectivity index is 1.58. The third kappa shape index (κ3) is 3.33. The minimum Gasteiger partial charge on any atom is -0.480 e. The van der Waals surface area contributed by atoms with E-state index in [1.54, 1.807) is 26.8 Å². The van der Waals surface area contributed by atoms with Crippen LogP contribution in [0.2, 0.25) is 0 Å². The summed E-state index contributed by atoms with van der Waals surface area (Å²) in [5.74, 6) is 0.198. The van der Waals surface area contributed by atoms with E-state index in [-0.39, 0.29) is 19.8 Å². The molecule has 150 valence electrons. The lowest BCUT2D eigenvalue weighted by Crippen LogP contribution is -2.44. The van der Waals surface area contributed by atoms with Crippen LogP contribution in [0.5, 0.6) is 11.5 Å². The number of benzene rings is 1. The summed E-state index contributed by atoms with van der Waals surface area (Å²) < 4.78 is 16.1. The Morgan fingerprint density at radius 2 is 2.04 bits per heavy atom. The molecule has 0 radical (unpaired) electrons. The Bertz CT molecular complexity index is 860. The van der Waals surface area contributed by atoms with Gasteiger partial charge in [-0.15, -0.1) is 0 Å². The number of hydroxylamine groups is 1. The molecule has 9 heteroatoms. The van der Waals surface area contributed by atoms with E-state index in [1.807, 2.05) is 18.2 Å². The van der Waals surface area contributed by atoms with Gasteiger partial charge < -0.3 is 19.3 Å². The molecule has 9 nitrogen and oxygen atoms in total. The molecule has 2 N–H and O–H groups in total. The van der Waals surface area contributed by atoms with Gasteiger partial charge in [0.05, 0.1) is 12.2 Å². The summed E-state index contributed by atoms with van der Waals surface area (Å²) in [4.78, 5) is 31.2. The second-order valence-corrected chi connectivity index (χ2v) is 8.06. The summed E-state index contributed by atoms with van der Waals surface area (Å²) >= 11 is 0. The highest BCUT2D eigenvalue weighted by atomic mass is 16.7. The van der Waals surface area contributed by atoms with Crippen LogP contribution in [0.3, 0.4) is 0 Å². The van der Waals surface area contributed by atoms with Gasteiger partial charge in [-0.2, -0.15) is 0 Å². The van der Waals surface area contributed by atoms with Crippen molar-refractivity contribution in [3.63, 3.8) is 0 Å². The fraction of sp³-hybridized carbons (Fsp3) is 0.474. The quantitative estimate of drug-likeness (QED) is 0.791. The van der Waals surface area contributed by atoms with E-state index in [4.69, 9.17) is 19.0 Å². The van der Waals surface area contributed by atoms with Crippen LogP contribution >= 0.6 is 0 Å². The summed E-state index contributed by atoms with van der Waals surface area (Å²) in [6.07, 6.45) is 1.25. The molecule has 1 aromatic rings. The van der Waals surface area contributed by atoms with Crippen LogP contribution in [0.15, 0.2) is 24.3 Å². The van der Waals surface area contributed by atoms with Gasteiger partial charge in [-0.25, -0.2) is 9.59 Å². The van der Waals surface area contributed by atoms with E-state index in [9.17, 15) is 14.7 Å². The molecule has 3 aliphatic heterocycles. The minimum atomic E-state index is -1.10. The summed E-state index contributed by atoms with van der Waals surface area (Å²) in [6, 6.07) is 4.43. The van der Waals surface area contributed by atoms with Crippen LogP contribution in [0, 0.1) is 0 Å². The predicted octanol–water partition coefficient (Wildman–Crippen LogP) is 2.12. The van der Waals surface area contributed by atoms with Crippen molar-refractivity contribution in [3.05, 3.63) is 29.8 Å². The highest BCUT2D eigenvalue weighted by Crippen LogP contribution is 2.40. The lowest BCUT2D eigenvalue weighted by Gasteiger charge is -2.27. The Hall–Kier alpha value is -2.94. The van der Waals surface area contributed by atoms with Crippen molar-refractivity contribution in [1.29, 1.82) is 0 Å². The van der Waals surface area contributed by atoms with E-state index in [2.05, 4.69) is 5.48 Å². The number of nitrogens with one attached hydrogen (secondary N) is 1. The molecule has 0 bridgehead atoms. The molecule has 1 spiro atoms. The monoisotopic (exact) mass is 390 g/mol. The second-order valence-electron chi connectivity index (χ2n) is 8.06. The average molecular weight is 390 g/mol. The van der Waals surface area contributed by atoms with Crippen LogP contribution in [-0.4, -0.2) is 52.7 Å². The van der Waals surface area contributed by atoms with Crippen LogP contribution < -0.4 is 15.0 Å². The van der Waals surface area contributed by atoms with Gasteiger partial charge in [-0.05, 0) is 45.0 Å². The molecule has 0 saturated carbocycles. The summed E-state index contributed by atoms with van der Waals surface area (Å²) in [5, 5.41) is 9.59. The molecule has 1 amide bonds. The van der Waals surface area contributed by atoms with Crippen molar-refractivity contribution in [3.8, 4) is 11.5 Å². The third-order valence-corrected chi connectivity index (χ3v) is 4.72. The number of carboxylic acids is 1. The Labute approximate surface area is 161 Å². The van der Waals surface area contributed by atoms with Crippen LogP contribution in [0.25, 0.3) is 5.70 Å². The fourth-order valence-electron chi connectivity index (χ4n) is 3.50. The molecule has 2 atom stereocenters. The number of carboxylic acid groups (broad SMARTS) is 1. The fourth-order valence-corrected chi connectivity index (χ4v) is 3.50. The van der Waals surface area contributed by atoms with Crippen molar-refractivity contribution in [2.45, 2.75) is 44.4 Å². The van der Waals surface area contributed by atoms with Crippen LogP contribution in [0.1, 0.15) is 32.8 Å². The van der Waals surface area contributed by atoms with Crippen LogP contribution in [0.4, 0.5) is 4.79 Å². The minimum absolute atomic E-state index is 0.0694. The molecule has 3 aliphatic rings. The van der Waals surface area contributed by atoms with Gasteiger partial charge in [0, 0.05) is 12.0 Å². The smallest absolute Gasteiger partial charge is 0.411 e. The summed E-state index contributed by atoms with van der Waals surface area (Å²) in [5.41, 5.74) is 2.66. The number of fused-ring (bicyclic) bond motifs is 1. The number of hydrogen-bond acceptors (Lipinski definition) is 7. The molecule has 28 heavy (non-hydrogen) atoms. The number of amides is 1. The van der Waals surface area contributed by atoms with Crippen molar-refractivity contribution < 1.29 is 33.7 Å². The number of ether oxygens (including phenoxy) is 3. The van der Waals surface area contributed by atoms with Gasteiger partial charge in [0.2, 0.25) is 6.79 Å². The molecule has 3 heterocycles. The van der Waals surface area contributed by atoms with Gasteiger partial charge in [0.1, 0.15) is 17.2 Å². The SMILES string of the molecule is CC(C)(C)OC(=O)N1C[C@@]2(C=C(c3ccc4c(c3)OCO4)NO2)C[C@H]1C(=O)O. The van der Waals surface area contributed by atoms with Gasteiger partial charge in [-0.3, -0.25) is 15.2 Å². The molecule has 1 saturated heterocycles. The molecule has 1 fully saturated rings. The van der Waals surface area contributed by atoms with Crippen molar-refractivity contribution in [2.75, 3.05) is 13.3 Å². The molecule has 0 unspecified atom stereocenters.